The summed E-state index contributed by atoms with van der Waals surface area (Å²) in [4.78, 5) is 12.1. The predicted octanol–water partition coefficient (Wildman–Crippen LogP) is 5.30. The molecule has 1 amide bonds. The zero-order valence-corrected chi connectivity index (χ0v) is 12.4. The summed E-state index contributed by atoms with van der Waals surface area (Å²) < 4.78 is 78.9. The topological polar surface area (TPSA) is 29.1 Å². The number of alkyl halides is 6. The fourth-order valence-corrected chi connectivity index (χ4v) is 2.54. The number of nitrogens with one attached hydrogen (secondary N) is 1. The SMILES string of the molecule is CCC(C(=O)Nc1cccc2ccccc12)(C(F)(F)F)C(F)(F)F. The number of benzene rings is 2. The molecule has 0 unspecified atom stereocenters. The van der Waals surface area contributed by atoms with Gasteiger partial charge in [0.25, 0.3) is 0 Å². The molecule has 0 bridgehead atoms. The zero-order chi connectivity index (χ0) is 18.2. The van der Waals surface area contributed by atoms with E-state index in [2.05, 4.69) is 0 Å². The van der Waals surface area contributed by atoms with Gasteiger partial charge in [-0.1, -0.05) is 43.3 Å². The lowest BCUT2D eigenvalue weighted by Crippen LogP contribution is -2.57. The smallest absolute Gasteiger partial charge is 0.324 e. The Balaban J connectivity index is 2.52. The Hall–Kier alpha value is -2.25. The van der Waals surface area contributed by atoms with Crippen LogP contribution in [0.2, 0.25) is 0 Å². The standard InChI is InChI=1S/C16H13F6NO/c1-2-14(15(17,18)19,16(20,21)22)13(24)23-12-9-5-7-10-6-3-4-8-11(10)12/h3-9H,2H2,1H3,(H,23,24). The van der Waals surface area contributed by atoms with Crippen LogP contribution in [0.3, 0.4) is 0 Å². The van der Waals surface area contributed by atoms with Crippen molar-refractivity contribution >= 4 is 22.4 Å². The number of fused-ring (bicyclic) bond motifs is 1. The highest BCUT2D eigenvalue weighted by molar-refractivity contribution is 6.04. The van der Waals surface area contributed by atoms with Crippen molar-refractivity contribution in [2.45, 2.75) is 25.7 Å². The predicted molar refractivity (Wildman–Crippen MR) is 77.4 cm³/mol. The van der Waals surface area contributed by atoms with Crippen molar-refractivity contribution in [1.82, 2.24) is 0 Å². The monoisotopic (exact) mass is 349 g/mol. The third-order valence-corrected chi connectivity index (χ3v) is 3.92. The van der Waals surface area contributed by atoms with Gasteiger partial charge in [-0.05, 0) is 17.9 Å². The first kappa shape index (κ1) is 18.1. The van der Waals surface area contributed by atoms with Gasteiger partial charge < -0.3 is 5.32 Å². The van der Waals surface area contributed by atoms with Crippen LogP contribution in [0.4, 0.5) is 32.0 Å². The van der Waals surface area contributed by atoms with Gasteiger partial charge in [-0.25, -0.2) is 0 Å². The molecule has 0 aromatic heterocycles. The van der Waals surface area contributed by atoms with E-state index in [9.17, 15) is 31.1 Å². The van der Waals surface area contributed by atoms with E-state index in [0.29, 0.717) is 17.7 Å². The molecule has 0 aliphatic rings. The average molecular weight is 349 g/mol. The minimum absolute atomic E-state index is 0.107. The van der Waals surface area contributed by atoms with Crippen molar-refractivity contribution in [1.29, 1.82) is 0 Å². The Morgan fingerprint density at radius 2 is 1.46 bits per heavy atom. The molecule has 24 heavy (non-hydrogen) atoms. The van der Waals surface area contributed by atoms with E-state index < -0.39 is 30.1 Å². The molecule has 0 aliphatic heterocycles. The normalized spacial score (nSPS) is 13.1. The maximum Gasteiger partial charge on any atom is 0.412 e. The summed E-state index contributed by atoms with van der Waals surface area (Å²) in [5.41, 5.74) is -4.57. The molecular weight excluding hydrogens is 336 g/mol. The molecule has 0 saturated carbocycles. The van der Waals surface area contributed by atoms with Crippen LogP contribution < -0.4 is 5.32 Å². The number of rotatable bonds is 3. The molecule has 2 aromatic carbocycles. The highest BCUT2D eigenvalue weighted by atomic mass is 19.4. The lowest BCUT2D eigenvalue weighted by Gasteiger charge is -2.35. The van der Waals surface area contributed by atoms with Crippen molar-refractivity contribution < 1.29 is 31.1 Å². The summed E-state index contributed by atoms with van der Waals surface area (Å²) in [5, 5.41) is 2.74. The Kier molecular flexibility index (Phi) is 4.52. The van der Waals surface area contributed by atoms with Crippen molar-refractivity contribution in [3.05, 3.63) is 42.5 Å². The van der Waals surface area contributed by atoms with Crippen LogP contribution in [0.25, 0.3) is 10.8 Å². The average Bonchev–Trinajstić information content (AvgIpc) is 2.45. The molecule has 130 valence electrons. The van der Waals surface area contributed by atoms with Crippen molar-refractivity contribution in [2.24, 2.45) is 5.41 Å². The number of amides is 1. The quantitative estimate of drug-likeness (QED) is 0.749. The van der Waals surface area contributed by atoms with E-state index in [-0.39, 0.29) is 5.69 Å². The van der Waals surface area contributed by atoms with Gasteiger partial charge in [0.15, 0.2) is 0 Å². The number of hydrogen-bond donors (Lipinski definition) is 1. The van der Waals surface area contributed by atoms with Gasteiger partial charge in [0.2, 0.25) is 11.3 Å². The Bertz CT molecular complexity index is 731. The lowest BCUT2D eigenvalue weighted by molar-refractivity contribution is -0.324. The summed E-state index contributed by atoms with van der Waals surface area (Å²) >= 11 is 0. The first-order valence-electron chi connectivity index (χ1n) is 6.97. The highest BCUT2D eigenvalue weighted by Crippen LogP contribution is 2.53. The maximum absolute atomic E-state index is 13.2. The molecule has 0 saturated heterocycles. The maximum atomic E-state index is 13.2. The largest absolute Gasteiger partial charge is 0.412 e. The zero-order valence-electron chi connectivity index (χ0n) is 12.4. The summed E-state index contributed by atoms with van der Waals surface area (Å²) in [7, 11) is 0. The van der Waals surface area contributed by atoms with Gasteiger partial charge in [0, 0.05) is 11.1 Å². The minimum atomic E-state index is -5.77. The molecule has 0 heterocycles. The molecule has 2 nitrogen and oxygen atoms in total. The fraction of sp³-hybridized carbons (Fsp3) is 0.312. The molecule has 8 heteroatoms. The molecular formula is C16H13F6NO. The van der Waals surface area contributed by atoms with E-state index in [1.165, 1.54) is 18.2 Å². The Labute approximate surface area is 133 Å². The summed E-state index contributed by atoms with van der Waals surface area (Å²) in [5.74, 6) is -2.14. The van der Waals surface area contributed by atoms with Gasteiger partial charge in [-0.15, -0.1) is 0 Å². The van der Waals surface area contributed by atoms with Crippen molar-refractivity contribution in [3.63, 3.8) is 0 Å². The molecule has 2 aromatic rings. The van der Waals surface area contributed by atoms with Crippen LogP contribution in [0.15, 0.2) is 42.5 Å². The summed E-state index contributed by atoms with van der Waals surface area (Å²) in [6, 6.07) is 10.7. The van der Waals surface area contributed by atoms with Crippen LogP contribution in [0.5, 0.6) is 0 Å². The number of hydrogen-bond acceptors (Lipinski definition) is 1. The lowest BCUT2D eigenvalue weighted by atomic mass is 9.82. The molecule has 0 spiro atoms. The van der Waals surface area contributed by atoms with E-state index in [4.69, 9.17) is 0 Å². The number of carbonyl (C=O) groups excluding carboxylic acids is 1. The van der Waals surface area contributed by atoms with Crippen LogP contribution in [-0.2, 0) is 4.79 Å². The number of anilines is 1. The van der Waals surface area contributed by atoms with Crippen molar-refractivity contribution in [3.8, 4) is 0 Å². The van der Waals surface area contributed by atoms with Crippen LogP contribution in [0.1, 0.15) is 13.3 Å². The Morgan fingerprint density at radius 1 is 0.917 bits per heavy atom. The van der Waals surface area contributed by atoms with Crippen LogP contribution in [-0.4, -0.2) is 18.3 Å². The van der Waals surface area contributed by atoms with E-state index in [0.717, 1.165) is 0 Å². The minimum Gasteiger partial charge on any atom is -0.324 e. The first-order valence-corrected chi connectivity index (χ1v) is 6.97. The van der Waals surface area contributed by atoms with Gasteiger partial charge in [-0.3, -0.25) is 4.79 Å². The van der Waals surface area contributed by atoms with Crippen molar-refractivity contribution in [2.75, 3.05) is 5.32 Å². The van der Waals surface area contributed by atoms with E-state index >= 15 is 0 Å². The second kappa shape index (κ2) is 5.99. The highest BCUT2D eigenvalue weighted by Gasteiger charge is 2.74. The number of carbonyl (C=O) groups is 1. The molecule has 1 N–H and O–H groups in total. The van der Waals surface area contributed by atoms with Gasteiger partial charge >= 0.3 is 12.4 Å². The summed E-state index contributed by atoms with van der Waals surface area (Å²) in [6.45, 7) is 0.684. The third kappa shape index (κ3) is 2.81. The second-order valence-corrected chi connectivity index (χ2v) is 5.24. The first-order chi connectivity index (χ1) is 11.0. The molecule has 0 aliphatic carbocycles. The molecule has 2 rings (SSSR count). The second-order valence-electron chi connectivity index (χ2n) is 5.24. The fourth-order valence-electron chi connectivity index (χ4n) is 2.54. The molecule has 0 fully saturated rings. The molecule has 0 radical (unpaired) electrons. The van der Waals surface area contributed by atoms with E-state index in [1.54, 1.807) is 24.3 Å². The van der Waals surface area contributed by atoms with Crippen LogP contribution in [0, 0.1) is 5.41 Å². The number of halogens is 6. The van der Waals surface area contributed by atoms with Gasteiger partial charge in [0.05, 0.1) is 0 Å². The van der Waals surface area contributed by atoms with Crippen LogP contribution >= 0.6 is 0 Å². The Morgan fingerprint density at radius 3 is 2.00 bits per heavy atom. The van der Waals surface area contributed by atoms with Gasteiger partial charge in [0.1, 0.15) is 0 Å². The van der Waals surface area contributed by atoms with Gasteiger partial charge in [-0.2, -0.15) is 26.3 Å². The third-order valence-electron chi connectivity index (χ3n) is 3.92. The summed E-state index contributed by atoms with van der Waals surface area (Å²) in [6.07, 6.45) is -13.0. The molecule has 0 atom stereocenters. The van der Waals surface area contributed by atoms with E-state index in [1.807, 2.05) is 5.32 Å².